The second kappa shape index (κ2) is 7.89. The van der Waals surface area contributed by atoms with Crippen molar-refractivity contribution in [2.45, 2.75) is 26.4 Å². The number of hydrogen-bond donors (Lipinski definition) is 2. The number of hydrogen-bond acceptors (Lipinski definition) is 4. The van der Waals surface area contributed by atoms with Crippen LogP contribution in [0.3, 0.4) is 0 Å². The Balaban J connectivity index is 0.00000128. The number of rotatable bonds is 2. The largest absolute Gasteiger partial charge is 0.476 e. The predicted octanol–water partition coefficient (Wildman–Crippen LogP) is 2.54. The summed E-state index contributed by atoms with van der Waals surface area (Å²) in [4.78, 5) is 4.44. The highest BCUT2D eigenvalue weighted by Crippen LogP contribution is 2.20. The maximum atomic E-state index is 5.56. The molecule has 0 radical (unpaired) electrons. The Bertz CT molecular complexity index is 347. The van der Waals surface area contributed by atoms with Crippen molar-refractivity contribution in [2.75, 3.05) is 18.5 Å². The van der Waals surface area contributed by atoms with Crippen LogP contribution in [-0.4, -0.2) is 24.2 Å². The molecule has 2 N–H and O–H groups in total. The Morgan fingerprint density at radius 2 is 2.12 bits per heavy atom. The normalized spacial score (nSPS) is 13.6. The highest BCUT2D eigenvalue weighted by atomic mass is 79.9. The van der Waals surface area contributed by atoms with Gasteiger partial charge in [-0.2, -0.15) is 4.98 Å². The molecule has 0 amide bonds. The first-order chi connectivity index (χ1) is 7.25. The van der Waals surface area contributed by atoms with Gasteiger partial charge in [-0.25, -0.2) is 0 Å². The van der Waals surface area contributed by atoms with Gasteiger partial charge in [0.1, 0.15) is 12.4 Å². The van der Waals surface area contributed by atoms with Crippen molar-refractivity contribution in [1.82, 2.24) is 10.3 Å². The molecule has 0 atom stereocenters. The van der Waals surface area contributed by atoms with Crippen LogP contribution in [-0.2, 0) is 6.54 Å². The van der Waals surface area contributed by atoms with Crippen LogP contribution in [0.5, 0.6) is 5.88 Å². The molecule has 0 unspecified atom stereocenters. The van der Waals surface area contributed by atoms with E-state index >= 15 is 0 Å². The van der Waals surface area contributed by atoms with Gasteiger partial charge < -0.3 is 15.4 Å². The van der Waals surface area contributed by atoms with Gasteiger partial charge in [-0.05, 0) is 26.0 Å². The first-order valence-electron chi connectivity index (χ1n) is 5.35. The second-order valence-electron chi connectivity index (χ2n) is 3.99. The van der Waals surface area contributed by atoms with E-state index in [0.717, 1.165) is 30.4 Å². The summed E-state index contributed by atoms with van der Waals surface area (Å²) in [5, 5.41) is 6.54. The van der Waals surface area contributed by atoms with E-state index in [0.29, 0.717) is 12.6 Å². The Kier molecular flexibility index (Phi) is 7.74. The lowest BCUT2D eigenvalue weighted by molar-refractivity contribution is 0.314. The zero-order valence-corrected chi connectivity index (χ0v) is 13.5. The molecule has 98 valence electrons. The molecule has 0 bridgehead atoms. The Morgan fingerprint density at radius 1 is 1.35 bits per heavy atom. The monoisotopic (exact) mass is 367 g/mol. The summed E-state index contributed by atoms with van der Waals surface area (Å²) in [6.07, 6.45) is 0. The summed E-state index contributed by atoms with van der Waals surface area (Å²) in [5.41, 5.74) is 1.13. The molecule has 4 nitrogen and oxygen atoms in total. The highest BCUT2D eigenvalue weighted by Gasteiger charge is 2.10. The molecule has 0 aromatic carbocycles. The fraction of sp³-hybridized carbons (Fsp3) is 0.545. The summed E-state index contributed by atoms with van der Waals surface area (Å²) in [7, 11) is 0. The van der Waals surface area contributed by atoms with Crippen LogP contribution in [0.25, 0.3) is 0 Å². The van der Waals surface area contributed by atoms with Crippen LogP contribution in [0.4, 0.5) is 5.82 Å². The van der Waals surface area contributed by atoms with Gasteiger partial charge in [-0.15, -0.1) is 34.0 Å². The molecule has 17 heavy (non-hydrogen) atoms. The number of fused-ring (bicyclic) bond motifs is 1. The van der Waals surface area contributed by atoms with Crippen LogP contribution in [0.15, 0.2) is 12.1 Å². The van der Waals surface area contributed by atoms with Crippen molar-refractivity contribution in [3.05, 3.63) is 17.7 Å². The van der Waals surface area contributed by atoms with E-state index < -0.39 is 0 Å². The third-order valence-corrected chi connectivity index (χ3v) is 2.21. The zero-order valence-electron chi connectivity index (χ0n) is 10.0. The number of halogens is 2. The number of anilines is 1. The minimum atomic E-state index is 0. The van der Waals surface area contributed by atoms with E-state index in [2.05, 4.69) is 35.5 Å². The molecule has 0 fully saturated rings. The lowest BCUT2D eigenvalue weighted by atomic mass is 10.2. The maximum absolute atomic E-state index is 5.56. The van der Waals surface area contributed by atoms with Gasteiger partial charge in [0.05, 0.1) is 0 Å². The Morgan fingerprint density at radius 3 is 2.82 bits per heavy atom. The summed E-state index contributed by atoms with van der Waals surface area (Å²) in [5.74, 6) is 1.64. The van der Waals surface area contributed by atoms with Crippen LogP contribution in [0.2, 0.25) is 0 Å². The summed E-state index contributed by atoms with van der Waals surface area (Å²) in [6.45, 7) is 6.59. The molecule has 1 aromatic rings. The Labute approximate surface area is 123 Å². The molecule has 2 heterocycles. The molecule has 0 aliphatic carbocycles. The van der Waals surface area contributed by atoms with Crippen LogP contribution < -0.4 is 15.4 Å². The fourth-order valence-electron chi connectivity index (χ4n) is 1.55. The predicted molar refractivity (Wildman–Crippen MR) is 80.8 cm³/mol. The van der Waals surface area contributed by atoms with Crippen molar-refractivity contribution in [2.24, 2.45) is 0 Å². The number of nitrogens with zero attached hydrogens (tertiary/aromatic N) is 1. The topological polar surface area (TPSA) is 46.2 Å². The van der Waals surface area contributed by atoms with Crippen molar-refractivity contribution < 1.29 is 4.74 Å². The van der Waals surface area contributed by atoms with Crippen LogP contribution in [0, 0.1) is 0 Å². The minimum Gasteiger partial charge on any atom is -0.476 e. The molecular weight excluding hydrogens is 350 g/mol. The first kappa shape index (κ1) is 16.7. The van der Waals surface area contributed by atoms with Gasteiger partial charge in [0, 0.05) is 24.7 Å². The average molecular weight is 369 g/mol. The van der Waals surface area contributed by atoms with E-state index in [1.54, 1.807) is 0 Å². The van der Waals surface area contributed by atoms with Crippen molar-refractivity contribution in [3.63, 3.8) is 0 Å². The van der Waals surface area contributed by atoms with Crippen LogP contribution in [0.1, 0.15) is 19.4 Å². The zero-order chi connectivity index (χ0) is 10.7. The molecule has 1 aliphatic rings. The van der Waals surface area contributed by atoms with Crippen molar-refractivity contribution in [1.29, 1.82) is 0 Å². The van der Waals surface area contributed by atoms with Crippen molar-refractivity contribution in [3.8, 4) is 5.88 Å². The van der Waals surface area contributed by atoms with Crippen molar-refractivity contribution >= 4 is 39.8 Å². The van der Waals surface area contributed by atoms with Gasteiger partial charge in [-0.3, -0.25) is 0 Å². The molecule has 1 aromatic heterocycles. The van der Waals surface area contributed by atoms with E-state index in [-0.39, 0.29) is 34.0 Å². The summed E-state index contributed by atoms with van der Waals surface area (Å²) < 4.78 is 5.56. The lowest BCUT2D eigenvalue weighted by Gasteiger charge is -2.11. The molecular formula is C11H19Br2N3O. The van der Waals surface area contributed by atoms with E-state index in [1.165, 1.54) is 0 Å². The quantitative estimate of drug-likeness (QED) is 0.842. The molecule has 1 aliphatic heterocycles. The molecule has 6 heteroatoms. The van der Waals surface area contributed by atoms with Gasteiger partial charge in [0.25, 0.3) is 0 Å². The molecule has 0 saturated heterocycles. The van der Waals surface area contributed by atoms with Gasteiger partial charge in [0.15, 0.2) is 0 Å². The third kappa shape index (κ3) is 4.81. The van der Waals surface area contributed by atoms with E-state index in [1.807, 2.05) is 6.07 Å². The van der Waals surface area contributed by atoms with E-state index in [4.69, 9.17) is 4.74 Å². The van der Waals surface area contributed by atoms with Gasteiger partial charge >= 0.3 is 0 Å². The van der Waals surface area contributed by atoms with Gasteiger partial charge in [0.2, 0.25) is 5.88 Å². The van der Waals surface area contributed by atoms with Crippen LogP contribution >= 0.6 is 34.0 Å². The molecule has 0 saturated carbocycles. The number of nitrogens with one attached hydrogen (secondary N) is 2. The highest BCUT2D eigenvalue weighted by molar-refractivity contribution is 8.93. The second-order valence-corrected chi connectivity index (χ2v) is 3.99. The first-order valence-corrected chi connectivity index (χ1v) is 5.35. The molecule has 0 spiro atoms. The number of ether oxygens (including phenoxy) is 1. The van der Waals surface area contributed by atoms with E-state index in [9.17, 15) is 0 Å². The minimum absolute atomic E-state index is 0. The van der Waals surface area contributed by atoms with Gasteiger partial charge in [-0.1, -0.05) is 0 Å². The standard InChI is InChI=1S/C11H17N3O.2BrH/c1-8(2)13-10-4-3-9-7-12-5-6-15-11(9)14-10;;/h3-4,8,12H,5-7H2,1-2H3,(H,13,14);2*1H. The fourth-order valence-corrected chi connectivity index (χ4v) is 1.55. The average Bonchev–Trinajstić information content (AvgIpc) is 2.41. The lowest BCUT2D eigenvalue weighted by Crippen LogP contribution is -2.16. The smallest absolute Gasteiger partial charge is 0.219 e. The number of aromatic nitrogens is 1. The maximum Gasteiger partial charge on any atom is 0.219 e. The summed E-state index contributed by atoms with van der Waals surface area (Å²) >= 11 is 0. The SMILES string of the molecule is Br.Br.CC(C)Nc1ccc2c(n1)OCCNC2. The molecule has 2 rings (SSSR count). The Hall–Kier alpha value is -0.330. The summed E-state index contributed by atoms with van der Waals surface area (Å²) in [6, 6.07) is 4.44. The number of pyridine rings is 1. The third-order valence-electron chi connectivity index (χ3n) is 2.21.